The van der Waals surface area contributed by atoms with Gasteiger partial charge in [-0.15, -0.1) is 0 Å². The van der Waals surface area contributed by atoms with Gasteiger partial charge in [-0.2, -0.15) is 0 Å². The number of allylic oxidation sites excluding steroid dienone is 1. The summed E-state index contributed by atoms with van der Waals surface area (Å²) < 4.78 is 16.3. The SMILES string of the molecule is CCOC(=O)/C(=C/OC(O)C(C)=C(C)C)C1CCOc2ccccc21. The summed E-state index contributed by atoms with van der Waals surface area (Å²) in [5, 5.41) is 10.1. The van der Waals surface area contributed by atoms with E-state index in [1.165, 1.54) is 6.26 Å². The van der Waals surface area contributed by atoms with E-state index in [0.717, 1.165) is 16.9 Å². The topological polar surface area (TPSA) is 65.0 Å². The third-order valence-corrected chi connectivity index (χ3v) is 4.33. The van der Waals surface area contributed by atoms with Crippen LogP contribution >= 0.6 is 0 Å². The van der Waals surface area contributed by atoms with Crippen molar-refractivity contribution in [1.29, 1.82) is 0 Å². The zero-order valence-corrected chi connectivity index (χ0v) is 15.2. The maximum atomic E-state index is 12.5. The van der Waals surface area contributed by atoms with E-state index in [9.17, 15) is 9.90 Å². The van der Waals surface area contributed by atoms with Crippen molar-refractivity contribution < 1.29 is 24.1 Å². The molecule has 0 radical (unpaired) electrons. The lowest BCUT2D eigenvalue weighted by molar-refractivity contribution is -0.139. The molecule has 1 heterocycles. The van der Waals surface area contributed by atoms with Crippen LogP contribution in [0.4, 0.5) is 0 Å². The van der Waals surface area contributed by atoms with Crippen LogP contribution in [0, 0.1) is 0 Å². The van der Waals surface area contributed by atoms with Crippen LogP contribution in [0.1, 0.15) is 45.6 Å². The number of hydrogen-bond acceptors (Lipinski definition) is 5. The van der Waals surface area contributed by atoms with E-state index >= 15 is 0 Å². The zero-order chi connectivity index (χ0) is 18.4. The summed E-state index contributed by atoms with van der Waals surface area (Å²) in [5.41, 5.74) is 2.99. The maximum absolute atomic E-state index is 12.5. The van der Waals surface area contributed by atoms with Gasteiger partial charge in [-0.3, -0.25) is 0 Å². The van der Waals surface area contributed by atoms with E-state index in [1.807, 2.05) is 38.1 Å². The van der Waals surface area contributed by atoms with Crippen molar-refractivity contribution in [1.82, 2.24) is 0 Å². The number of esters is 1. The van der Waals surface area contributed by atoms with Gasteiger partial charge in [0.1, 0.15) is 5.75 Å². The van der Waals surface area contributed by atoms with Gasteiger partial charge in [0.15, 0.2) is 0 Å². The first-order valence-corrected chi connectivity index (χ1v) is 8.52. The Morgan fingerprint density at radius 1 is 1.36 bits per heavy atom. The summed E-state index contributed by atoms with van der Waals surface area (Å²) in [6, 6.07) is 7.62. The predicted molar refractivity (Wildman–Crippen MR) is 95.2 cm³/mol. The minimum absolute atomic E-state index is 0.191. The number of carbonyl (C=O) groups is 1. The molecule has 0 saturated carbocycles. The molecule has 2 atom stereocenters. The van der Waals surface area contributed by atoms with Crippen LogP contribution < -0.4 is 4.74 Å². The molecule has 25 heavy (non-hydrogen) atoms. The van der Waals surface area contributed by atoms with E-state index in [-0.39, 0.29) is 12.5 Å². The molecule has 5 nitrogen and oxygen atoms in total. The number of hydrogen-bond donors (Lipinski definition) is 1. The largest absolute Gasteiger partial charge is 0.493 e. The number of carbonyl (C=O) groups excluding carboxylic acids is 1. The lowest BCUT2D eigenvalue weighted by Gasteiger charge is -2.27. The number of aliphatic hydroxyl groups excluding tert-OH is 1. The van der Waals surface area contributed by atoms with Gasteiger partial charge in [0.25, 0.3) is 0 Å². The average molecular weight is 346 g/mol. The molecule has 0 aromatic heterocycles. The van der Waals surface area contributed by atoms with Crippen LogP contribution in [0.25, 0.3) is 0 Å². The summed E-state index contributed by atoms with van der Waals surface area (Å²) in [6.45, 7) is 8.13. The molecule has 5 heteroatoms. The van der Waals surface area contributed by atoms with Crippen molar-refractivity contribution in [3.05, 3.63) is 52.8 Å². The molecule has 0 spiro atoms. The highest BCUT2D eigenvalue weighted by atomic mass is 16.6. The molecule has 0 bridgehead atoms. The molecule has 1 aliphatic rings. The van der Waals surface area contributed by atoms with Crippen molar-refractivity contribution in [2.75, 3.05) is 13.2 Å². The summed E-state index contributed by atoms with van der Waals surface area (Å²) >= 11 is 0. The summed E-state index contributed by atoms with van der Waals surface area (Å²) in [5.74, 6) is 0.129. The molecule has 1 aromatic rings. The minimum Gasteiger partial charge on any atom is -0.493 e. The van der Waals surface area contributed by atoms with E-state index < -0.39 is 12.3 Å². The molecule has 2 rings (SSSR count). The number of aliphatic hydroxyl groups is 1. The Kier molecular flexibility index (Phi) is 6.65. The smallest absolute Gasteiger partial charge is 0.337 e. The Labute approximate surface area is 148 Å². The van der Waals surface area contributed by atoms with Crippen molar-refractivity contribution in [2.45, 2.75) is 46.3 Å². The van der Waals surface area contributed by atoms with Crippen LogP contribution in [0.3, 0.4) is 0 Å². The monoisotopic (exact) mass is 346 g/mol. The highest BCUT2D eigenvalue weighted by molar-refractivity contribution is 5.90. The van der Waals surface area contributed by atoms with E-state index in [4.69, 9.17) is 14.2 Å². The Balaban J connectivity index is 2.33. The highest BCUT2D eigenvalue weighted by Crippen LogP contribution is 2.38. The molecule has 0 saturated heterocycles. The molecule has 1 N–H and O–H groups in total. The van der Waals surface area contributed by atoms with Gasteiger partial charge >= 0.3 is 5.97 Å². The molecule has 136 valence electrons. The lowest BCUT2D eigenvalue weighted by atomic mass is 9.87. The number of fused-ring (bicyclic) bond motifs is 1. The fourth-order valence-corrected chi connectivity index (χ4v) is 2.64. The Bertz CT molecular complexity index is 670. The normalized spacial score (nSPS) is 17.8. The Hall–Kier alpha value is -2.27. The number of ether oxygens (including phenoxy) is 3. The van der Waals surface area contributed by atoms with Gasteiger partial charge in [0, 0.05) is 11.5 Å². The number of benzene rings is 1. The van der Waals surface area contributed by atoms with Gasteiger partial charge in [0.2, 0.25) is 6.29 Å². The lowest BCUT2D eigenvalue weighted by Crippen LogP contribution is -2.22. The third kappa shape index (κ3) is 4.63. The standard InChI is InChI=1S/C20H26O5/c1-5-23-20(22)17(12-25-19(21)14(4)13(2)3)15-10-11-24-18-9-7-6-8-16(15)18/h6-9,12,15,19,21H,5,10-11H2,1-4H3/b17-12+. The minimum atomic E-state index is -1.09. The molecule has 1 aromatic carbocycles. The molecule has 2 unspecified atom stereocenters. The van der Waals surface area contributed by atoms with Crippen molar-refractivity contribution in [3.63, 3.8) is 0 Å². The number of para-hydroxylation sites is 1. The third-order valence-electron chi connectivity index (χ3n) is 4.33. The van der Waals surface area contributed by atoms with Crippen molar-refractivity contribution in [3.8, 4) is 5.75 Å². The highest BCUT2D eigenvalue weighted by Gasteiger charge is 2.30. The molecule has 1 aliphatic heterocycles. The van der Waals surface area contributed by atoms with Gasteiger partial charge in [-0.05, 0) is 45.8 Å². The molecule has 0 amide bonds. The number of rotatable bonds is 6. The Morgan fingerprint density at radius 2 is 2.08 bits per heavy atom. The van der Waals surface area contributed by atoms with E-state index in [0.29, 0.717) is 24.2 Å². The first kappa shape index (κ1) is 19.1. The Morgan fingerprint density at radius 3 is 2.76 bits per heavy atom. The van der Waals surface area contributed by atoms with Crippen LogP contribution in [0.2, 0.25) is 0 Å². The van der Waals surface area contributed by atoms with Gasteiger partial charge in [0.05, 0.1) is 25.0 Å². The van der Waals surface area contributed by atoms with E-state index in [2.05, 4.69) is 0 Å². The maximum Gasteiger partial charge on any atom is 0.337 e. The average Bonchev–Trinajstić information content (AvgIpc) is 2.61. The van der Waals surface area contributed by atoms with Crippen LogP contribution in [0.15, 0.2) is 47.2 Å². The fraction of sp³-hybridized carbons (Fsp3) is 0.450. The van der Waals surface area contributed by atoms with Gasteiger partial charge < -0.3 is 19.3 Å². The quantitative estimate of drug-likeness (QED) is 0.280. The second kappa shape index (κ2) is 8.72. The van der Waals surface area contributed by atoms with Crippen LogP contribution in [-0.2, 0) is 14.3 Å². The fourth-order valence-electron chi connectivity index (χ4n) is 2.64. The van der Waals surface area contributed by atoms with Crippen molar-refractivity contribution >= 4 is 5.97 Å². The van der Waals surface area contributed by atoms with E-state index in [1.54, 1.807) is 13.8 Å². The zero-order valence-electron chi connectivity index (χ0n) is 15.2. The van der Waals surface area contributed by atoms with Crippen LogP contribution in [-0.4, -0.2) is 30.6 Å². The van der Waals surface area contributed by atoms with Gasteiger partial charge in [-0.1, -0.05) is 23.8 Å². The summed E-state index contributed by atoms with van der Waals surface area (Å²) in [6.07, 6.45) is 0.884. The molecular formula is C20H26O5. The second-order valence-corrected chi connectivity index (χ2v) is 6.19. The molecular weight excluding hydrogens is 320 g/mol. The molecule has 0 aliphatic carbocycles. The predicted octanol–water partition coefficient (Wildman–Crippen LogP) is 3.69. The second-order valence-electron chi connectivity index (χ2n) is 6.19. The van der Waals surface area contributed by atoms with Crippen LogP contribution in [0.5, 0.6) is 5.75 Å². The summed E-state index contributed by atoms with van der Waals surface area (Å²) in [4.78, 5) is 12.5. The van der Waals surface area contributed by atoms with Gasteiger partial charge in [-0.25, -0.2) is 4.79 Å². The first-order chi connectivity index (χ1) is 12.0. The first-order valence-electron chi connectivity index (χ1n) is 8.52. The molecule has 0 fully saturated rings. The summed E-state index contributed by atoms with van der Waals surface area (Å²) in [7, 11) is 0. The van der Waals surface area contributed by atoms with Crippen molar-refractivity contribution in [2.24, 2.45) is 0 Å².